The van der Waals surface area contributed by atoms with E-state index in [0.717, 1.165) is 11.1 Å². The maximum atomic E-state index is 6.52. The zero-order valence-electron chi connectivity index (χ0n) is 10.2. The first-order valence-electron chi connectivity index (χ1n) is 5.65. The fourth-order valence-corrected chi connectivity index (χ4v) is 2.99. The molecule has 0 bridgehead atoms. The lowest BCUT2D eigenvalue weighted by Crippen LogP contribution is -1.97. The summed E-state index contributed by atoms with van der Waals surface area (Å²) in [6.45, 7) is 4.12. The van der Waals surface area contributed by atoms with E-state index in [1.54, 1.807) is 6.07 Å². The third kappa shape index (κ3) is 2.83. The first-order chi connectivity index (χ1) is 8.49. The molecule has 0 nitrogen and oxygen atoms in total. The molecule has 0 aliphatic heterocycles. The highest BCUT2D eigenvalue weighted by Gasteiger charge is 2.16. The molecular weight excluding hydrogens is 287 g/mol. The fraction of sp³-hybridized carbons (Fsp3) is 0.200. The summed E-state index contributed by atoms with van der Waals surface area (Å²) < 4.78 is 0. The molecule has 18 heavy (non-hydrogen) atoms. The summed E-state index contributed by atoms with van der Waals surface area (Å²) in [6.07, 6.45) is 0. The van der Waals surface area contributed by atoms with Crippen LogP contribution >= 0.6 is 34.8 Å². The topological polar surface area (TPSA) is 0 Å². The van der Waals surface area contributed by atoms with Crippen LogP contribution in [0.15, 0.2) is 36.4 Å². The maximum absolute atomic E-state index is 6.52. The highest BCUT2D eigenvalue weighted by atomic mass is 35.5. The highest BCUT2D eigenvalue weighted by molar-refractivity contribution is 6.36. The zero-order chi connectivity index (χ0) is 13.3. The average molecular weight is 300 g/mol. The fourth-order valence-electron chi connectivity index (χ4n) is 1.98. The number of aryl methyl sites for hydroxylation is 2. The van der Waals surface area contributed by atoms with Gasteiger partial charge in [-0.05, 0) is 42.7 Å². The summed E-state index contributed by atoms with van der Waals surface area (Å²) in [4.78, 5) is 0. The Morgan fingerprint density at radius 2 is 1.56 bits per heavy atom. The molecule has 0 radical (unpaired) electrons. The van der Waals surface area contributed by atoms with Crippen LogP contribution in [0.25, 0.3) is 0 Å². The quantitative estimate of drug-likeness (QED) is 0.602. The molecule has 3 heteroatoms. The molecular formula is C15H13Cl3. The summed E-state index contributed by atoms with van der Waals surface area (Å²) in [5, 5.41) is 0.964. The van der Waals surface area contributed by atoms with Crippen molar-refractivity contribution >= 4 is 34.8 Å². The van der Waals surface area contributed by atoms with E-state index < -0.39 is 0 Å². The summed E-state index contributed by atoms with van der Waals surface area (Å²) in [5.74, 6) is 0. The van der Waals surface area contributed by atoms with Crippen molar-refractivity contribution in [3.05, 3.63) is 68.7 Å². The van der Waals surface area contributed by atoms with Crippen molar-refractivity contribution in [3.8, 4) is 0 Å². The minimum absolute atomic E-state index is 0.254. The number of rotatable bonds is 2. The first kappa shape index (κ1) is 13.7. The van der Waals surface area contributed by atoms with E-state index in [4.69, 9.17) is 34.8 Å². The van der Waals surface area contributed by atoms with Crippen LogP contribution in [0.2, 0.25) is 10.0 Å². The normalized spacial score (nSPS) is 12.5. The Morgan fingerprint density at radius 1 is 0.889 bits per heavy atom. The van der Waals surface area contributed by atoms with E-state index in [9.17, 15) is 0 Å². The molecule has 1 atom stereocenters. The molecule has 1 unspecified atom stereocenters. The van der Waals surface area contributed by atoms with Gasteiger partial charge in [0, 0.05) is 10.0 Å². The molecule has 2 aromatic rings. The standard InChI is InChI=1S/C15H13Cl3/c1-9-3-5-12(10(2)7-9)15(18)13-6-4-11(16)8-14(13)17/h3-8,15H,1-2H3. The van der Waals surface area contributed by atoms with Crippen molar-refractivity contribution in [2.45, 2.75) is 19.2 Å². The number of halogens is 3. The van der Waals surface area contributed by atoms with Crippen LogP contribution in [0.5, 0.6) is 0 Å². The van der Waals surface area contributed by atoms with Gasteiger partial charge in [0.25, 0.3) is 0 Å². The summed E-state index contributed by atoms with van der Waals surface area (Å²) >= 11 is 18.6. The minimum Gasteiger partial charge on any atom is -0.113 e. The Labute approximate surface area is 122 Å². The Morgan fingerprint density at radius 3 is 2.17 bits per heavy atom. The van der Waals surface area contributed by atoms with E-state index in [0.29, 0.717) is 10.0 Å². The number of alkyl halides is 1. The van der Waals surface area contributed by atoms with Gasteiger partial charge in [-0.2, -0.15) is 0 Å². The van der Waals surface area contributed by atoms with Crippen molar-refractivity contribution in [1.82, 2.24) is 0 Å². The molecule has 0 saturated heterocycles. The smallest absolute Gasteiger partial charge is 0.0852 e. The molecule has 94 valence electrons. The van der Waals surface area contributed by atoms with E-state index in [1.165, 1.54) is 11.1 Å². The molecule has 0 fully saturated rings. The van der Waals surface area contributed by atoms with E-state index in [-0.39, 0.29) is 5.38 Å². The van der Waals surface area contributed by atoms with Crippen LogP contribution in [-0.4, -0.2) is 0 Å². The Balaban J connectivity index is 2.44. The van der Waals surface area contributed by atoms with Gasteiger partial charge in [0.15, 0.2) is 0 Å². The van der Waals surface area contributed by atoms with Crippen molar-refractivity contribution in [2.24, 2.45) is 0 Å². The van der Waals surface area contributed by atoms with Crippen molar-refractivity contribution in [2.75, 3.05) is 0 Å². The first-order valence-corrected chi connectivity index (χ1v) is 6.84. The van der Waals surface area contributed by atoms with Gasteiger partial charge in [-0.3, -0.25) is 0 Å². The van der Waals surface area contributed by atoms with Crippen molar-refractivity contribution in [1.29, 1.82) is 0 Å². The van der Waals surface area contributed by atoms with Gasteiger partial charge < -0.3 is 0 Å². The minimum atomic E-state index is -0.254. The molecule has 0 aliphatic rings. The lowest BCUT2D eigenvalue weighted by Gasteiger charge is -2.15. The maximum Gasteiger partial charge on any atom is 0.0852 e. The number of hydrogen-bond donors (Lipinski definition) is 0. The Kier molecular flexibility index (Phi) is 4.21. The second-order valence-electron chi connectivity index (χ2n) is 4.39. The van der Waals surface area contributed by atoms with Gasteiger partial charge in [-0.15, -0.1) is 11.6 Å². The van der Waals surface area contributed by atoms with Gasteiger partial charge in [0.1, 0.15) is 0 Å². The van der Waals surface area contributed by atoms with Crippen LogP contribution < -0.4 is 0 Å². The van der Waals surface area contributed by atoms with Crippen LogP contribution in [0.4, 0.5) is 0 Å². The van der Waals surface area contributed by atoms with E-state index in [2.05, 4.69) is 26.0 Å². The van der Waals surface area contributed by atoms with Crippen LogP contribution in [0.1, 0.15) is 27.6 Å². The Bertz CT molecular complexity index is 524. The molecule has 0 aromatic heterocycles. The molecule has 0 N–H and O–H groups in total. The van der Waals surface area contributed by atoms with Crippen LogP contribution in [0, 0.1) is 13.8 Å². The number of hydrogen-bond acceptors (Lipinski definition) is 0. The highest BCUT2D eigenvalue weighted by Crippen LogP contribution is 2.36. The van der Waals surface area contributed by atoms with Crippen LogP contribution in [0.3, 0.4) is 0 Å². The van der Waals surface area contributed by atoms with Gasteiger partial charge in [-0.1, -0.05) is 53.0 Å². The molecule has 0 heterocycles. The number of benzene rings is 2. The van der Waals surface area contributed by atoms with Gasteiger partial charge >= 0.3 is 0 Å². The SMILES string of the molecule is Cc1ccc(C(Cl)c2ccc(Cl)cc2Cl)c(C)c1. The monoisotopic (exact) mass is 298 g/mol. The predicted molar refractivity (Wildman–Crippen MR) is 80.1 cm³/mol. The average Bonchev–Trinajstić information content (AvgIpc) is 2.28. The lowest BCUT2D eigenvalue weighted by atomic mass is 9.98. The lowest BCUT2D eigenvalue weighted by molar-refractivity contribution is 1.10. The predicted octanol–water partition coefficient (Wildman–Crippen LogP) is 5.94. The molecule has 2 rings (SSSR count). The van der Waals surface area contributed by atoms with Gasteiger partial charge in [0.05, 0.1) is 5.38 Å². The van der Waals surface area contributed by atoms with Gasteiger partial charge in [0.2, 0.25) is 0 Å². The van der Waals surface area contributed by atoms with Crippen LogP contribution in [-0.2, 0) is 0 Å². The summed E-state index contributed by atoms with van der Waals surface area (Å²) in [6, 6.07) is 11.6. The molecule has 0 amide bonds. The van der Waals surface area contributed by atoms with E-state index >= 15 is 0 Å². The van der Waals surface area contributed by atoms with Crippen molar-refractivity contribution in [3.63, 3.8) is 0 Å². The van der Waals surface area contributed by atoms with E-state index in [1.807, 2.05) is 18.2 Å². The Hall–Kier alpha value is -0.690. The largest absolute Gasteiger partial charge is 0.113 e. The molecule has 0 spiro atoms. The summed E-state index contributed by atoms with van der Waals surface area (Å²) in [5.41, 5.74) is 4.35. The second-order valence-corrected chi connectivity index (χ2v) is 5.67. The zero-order valence-corrected chi connectivity index (χ0v) is 12.4. The third-order valence-corrected chi connectivity index (χ3v) is 3.97. The molecule has 0 saturated carbocycles. The molecule has 2 aromatic carbocycles. The van der Waals surface area contributed by atoms with Crippen molar-refractivity contribution < 1.29 is 0 Å². The van der Waals surface area contributed by atoms with Gasteiger partial charge in [-0.25, -0.2) is 0 Å². The third-order valence-electron chi connectivity index (χ3n) is 2.93. The summed E-state index contributed by atoms with van der Waals surface area (Å²) in [7, 11) is 0. The second kappa shape index (κ2) is 5.52. The molecule has 0 aliphatic carbocycles.